The Morgan fingerprint density at radius 1 is 1.56 bits per heavy atom. The zero-order chi connectivity index (χ0) is 11.5. The van der Waals surface area contributed by atoms with E-state index in [0.29, 0.717) is 18.2 Å². The highest BCUT2D eigenvalue weighted by atomic mass is 16.5. The molecule has 0 aliphatic rings. The lowest BCUT2D eigenvalue weighted by molar-refractivity contribution is 0.128. The van der Waals surface area contributed by atoms with Crippen molar-refractivity contribution in [3.63, 3.8) is 0 Å². The topological polar surface area (TPSA) is 73.3 Å². The van der Waals surface area contributed by atoms with Gasteiger partial charge in [-0.05, 0) is 25.1 Å². The normalized spacial score (nSPS) is 12.9. The lowest BCUT2D eigenvalue weighted by atomic mass is 10.3. The molecular formula is C11H15N3O2. The first-order chi connectivity index (χ1) is 7.69. The fourth-order valence-electron chi connectivity index (χ4n) is 1.33. The van der Waals surface area contributed by atoms with E-state index in [0.717, 1.165) is 11.1 Å². The van der Waals surface area contributed by atoms with Crippen molar-refractivity contribution in [2.45, 2.75) is 13.0 Å². The summed E-state index contributed by atoms with van der Waals surface area (Å²) in [4.78, 5) is 4.27. The van der Waals surface area contributed by atoms with Gasteiger partial charge in [-0.15, -0.1) is 0 Å². The standard InChI is InChI=1S/C11H15N3O2/c1-7(15-2)6-13-11-14-9-5-8(12)3-4-10(9)16-11/h3-5,7H,6,12H2,1-2H3,(H,13,14). The van der Waals surface area contributed by atoms with Gasteiger partial charge in [0.2, 0.25) is 0 Å². The maximum atomic E-state index is 5.65. The van der Waals surface area contributed by atoms with E-state index >= 15 is 0 Å². The van der Waals surface area contributed by atoms with Crippen molar-refractivity contribution in [2.75, 3.05) is 24.7 Å². The van der Waals surface area contributed by atoms with Gasteiger partial charge in [0.1, 0.15) is 5.52 Å². The zero-order valence-corrected chi connectivity index (χ0v) is 9.36. The van der Waals surface area contributed by atoms with Crippen molar-refractivity contribution in [1.82, 2.24) is 4.98 Å². The van der Waals surface area contributed by atoms with Gasteiger partial charge < -0.3 is 20.2 Å². The molecule has 1 atom stereocenters. The van der Waals surface area contributed by atoms with Crippen molar-refractivity contribution in [2.24, 2.45) is 0 Å². The molecule has 16 heavy (non-hydrogen) atoms. The number of methoxy groups -OCH3 is 1. The van der Waals surface area contributed by atoms with Crippen LogP contribution in [0, 0.1) is 0 Å². The molecule has 5 heteroatoms. The third kappa shape index (κ3) is 2.25. The Bertz CT molecular complexity index is 481. The largest absolute Gasteiger partial charge is 0.424 e. The molecule has 5 nitrogen and oxygen atoms in total. The van der Waals surface area contributed by atoms with E-state index in [4.69, 9.17) is 14.9 Å². The van der Waals surface area contributed by atoms with Gasteiger partial charge in [0, 0.05) is 19.3 Å². The van der Waals surface area contributed by atoms with Crippen molar-refractivity contribution in [1.29, 1.82) is 0 Å². The van der Waals surface area contributed by atoms with E-state index in [1.807, 2.05) is 13.0 Å². The minimum absolute atomic E-state index is 0.111. The number of nitrogen functional groups attached to an aromatic ring is 1. The van der Waals surface area contributed by atoms with Crippen molar-refractivity contribution >= 4 is 22.8 Å². The minimum atomic E-state index is 0.111. The van der Waals surface area contributed by atoms with Gasteiger partial charge in [0.05, 0.1) is 6.10 Å². The highest BCUT2D eigenvalue weighted by molar-refractivity contribution is 5.78. The van der Waals surface area contributed by atoms with Crippen LogP contribution in [-0.2, 0) is 4.74 Å². The summed E-state index contributed by atoms with van der Waals surface area (Å²) in [5.41, 5.74) is 7.81. The number of nitrogens with one attached hydrogen (secondary N) is 1. The molecule has 0 spiro atoms. The molecule has 0 fully saturated rings. The Morgan fingerprint density at radius 2 is 2.38 bits per heavy atom. The molecule has 0 bridgehead atoms. The van der Waals surface area contributed by atoms with Crippen LogP contribution in [0.1, 0.15) is 6.92 Å². The van der Waals surface area contributed by atoms with Gasteiger partial charge in [0.25, 0.3) is 6.01 Å². The Balaban J connectivity index is 2.13. The Kier molecular flexibility index (Phi) is 2.96. The summed E-state index contributed by atoms with van der Waals surface area (Å²) in [7, 11) is 1.67. The first kappa shape index (κ1) is 10.8. The Hall–Kier alpha value is -1.75. The first-order valence-corrected chi connectivity index (χ1v) is 5.12. The summed E-state index contributed by atoms with van der Waals surface area (Å²) in [5, 5.41) is 3.06. The number of nitrogens with zero attached hydrogens (tertiary/aromatic N) is 1. The van der Waals surface area contributed by atoms with E-state index < -0.39 is 0 Å². The average molecular weight is 221 g/mol. The molecule has 0 aliphatic carbocycles. The highest BCUT2D eigenvalue weighted by Crippen LogP contribution is 2.20. The molecule has 0 amide bonds. The fraction of sp³-hybridized carbons (Fsp3) is 0.364. The van der Waals surface area contributed by atoms with Gasteiger partial charge in [0.15, 0.2) is 5.58 Å². The number of aromatic nitrogens is 1. The third-order valence-electron chi connectivity index (χ3n) is 2.35. The van der Waals surface area contributed by atoms with Gasteiger partial charge in [-0.3, -0.25) is 0 Å². The van der Waals surface area contributed by atoms with Crippen LogP contribution in [-0.4, -0.2) is 24.7 Å². The maximum absolute atomic E-state index is 5.65. The predicted molar refractivity (Wildman–Crippen MR) is 63.4 cm³/mol. The van der Waals surface area contributed by atoms with Crippen LogP contribution in [0.5, 0.6) is 0 Å². The summed E-state index contributed by atoms with van der Waals surface area (Å²) in [6, 6.07) is 5.87. The summed E-state index contributed by atoms with van der Waals surface area (Å²) in [6.07, 6.45) is 0.111. The van der Waals surface area contributed by atoms with Gasteiger partial charge in [-0.25, -0.2) is 0 Å². The molecule has 2 aromatic rings. The fourth-order valence-corrected chi connectivity index (χ4v) is 1.33. The van der Waals surface area contributed by atoms with Gasteiger partial charge >= 0.3 is 0 Å². The second-order valence-corrected chi connectivity index (χ2v) is 3.67. The van der Waals surface area contributed by atoms with E-state index in [1.54, 1.807) is 19.2 Å². The van der Waals surface area contributed by atoms with Crippen LogP contribution in [0.2, 0.25) is 0 Å². The number of oxazole rings is 1. The second-order valence-electron chi connectivity index (χ2n) is 3.67. The molecule has 1 aromatic heterocycles. The lowest BCUT2D eigenvalue weighted by Crippen LogP contribution is -2.18. The van der Waals surface area contributed by atoms with Gasteiger partial charge in [-0.2, -0.15) is 4.98 Å². The van der Waals surface area contributed by atoms with Crippen LogP contribution in [0.15, 0.2) is 22.6 Å². The quantitative estimate of drug-likeness (QED) is 0.771. The van der Waals surface area contributed by atoms with Crippen molar-refractivity contribution in [3.05, 3.63) is 18.2 Å². The van der Waals surface area contributed by atoms with Crippen molar-refractivity contribution < 1.29 is 9.15 Å². The number of ether oxygens (including phenoxy) is 1. The average Bonchev–Trinajstić information content (AvgIpc) is 2.67. The van der Waals surface area contributed by atoms with E-state index in [2.05, 4.69) is 10.3 Å². The predicted octanol–water partition coefficient (Wildman–Crippen LogP) is 1.86. The number of hydrogen-bond donors (Lipinski definition) is 2. The maximum Gasteiger partial charge on any atom is 0.295 e. The molecule has 0 saturated heterocycles. The molecule has 86 valence electrons. The SMILES string of the molecule is COC(C)CNc1nc2cc(N)ccc2o1. The van der Waals surface area contributed by atoms with Crippen LogP contribution < -0.4 is 11.1 Å². The number of fused-ring (bicyclic) bond motifs is 1. The molecule has 1 aromatic carbocycles. The van der Waals surface area contributed by atoms with E-state index in [1.165, 1.54) is 0 Å². The summed E-state index contributed by atoms with van der Waals surface area (Å²) in [6.45, 7) is 2.62. The van der Waals surface area contributed by atoms with Crippen LogP contribution in [0.4, 0.5) is 11.7 Å². The second kappa shape index (κ2) is 4.40. The minimum Gasteiger partial charge on any atom is -0.424 e. The number of nitrogens with two attached hydrogens (primary N) is 1. The smallest absolute Gasteiger partial charge is 0.295 e. The van der Waals surface area contributed by atoms with E-state index in [9.17, 15) is 0 Å². The molecule has 0 radical (unpaired) electrons. The molecule has 1 unspecified atom stereocenters. The van der Waals surface area contributed by atoms with Crippen LogP contribution in [0.25, 0.3) is 11.1 Å². The van der Waals surface area contributed by atoms with Crippen LogP contribution >= 0.6 is 0 Å². The molecular weight excluding hydrogens is 206 g/mol. The summed E-state index contributed by atoms with van der Waals surface area (Å²) >= 11 is 0. The zero-order valence-electron chi connectivity index (χ0n) is 9.36. The molecule has 3 N–H and O–H groups in total. The van der Waals surface area contributed by atoms with Crippen LogP contribution in [0.3, 0.4) is 0 Å². The summed E-state index contributed by atoms with van der Waals surface area (Å²) < 4.78 is 10.6. The molecule has 0 aliphatic heterocycles. The number of hydrogen-bond acceptors (Lipinski definition) is 5. The monoisotopic (exact) mass is 221 g/mol. The summed E-state index contributed by atoms with van der Waals surface area (Å²) in [5.74, 6) is 0. The molecule has 1 heterocycles. The van der Waals surface area contributed by atoms with Gasteiger partial charge in [-0.1, -0.05) is 0 Å². The molecule has 0 saturated carbocycles. The number of benzene rings is 1. The van der Waals surface area contributed by atoms with Crippen molar-refractivity contribution in [3.8, 4) is 0 Å². The number of rotatable bonds is 4. The van der Waals surface area contributed by atoms with E-state index in [-0.39, 0.29) is 6.10 Å². The molecule has 2 rings (SSSR count). The lowest BCUT2D eigenvalue weighted by Gasteiger charge is -2.08. The highest BCUT2D eigenvalue weighted by Gasteiger charge is 2.06. The Labute approximate surface area is 93.6 Å². The third-order valence-corrected chi connectivity index (χ3v) is 2.35. The first-order valence-electron chi connectivity index (χ1n) is 5.12. The Morgan fingerprint density at radius 3 is 3.12 bits per heavy atom. The number of anilines is 2.